The minimum atomic E-state index is 0.250. The molecule has 0 radical (unpaired) electrons. The molecule has 1 aliphatic carbocycles. The third-order valence-electron chi connectivity index (χ3n) is 3.50. The van der Waals surface area contributed by atoms with E-state index >= 15 is 0 Å². The van der Waals surface area contributed by atoms with Gasteiger partial charge in [-0.25, -0.2) is 0 Å². The lowest BCUT2D eigenvalue weighted by molar-refractivity contribution is -0.121. The van der Waals surface area contributed by atoms with Gasteiger partial charge in [0.1, 0.15) is 11.5 Å². The Bertz CT molecular complexity index is 409. The van der Waals surface area contributed by atoms with Crippen molar-refractivity contribution in [1.82, 2.24) is 0 Å². The minimum absolute atomic E-state index is 0.250. The van der Waals surface area contributed by atoms with E-state index in [1.165, 1.54) is 5.56 Å². The summed E-state index contributed by atoms with van der Waals surface area (Å²) in [5.41, 5.74) is 2.37. The highest BCUT2D eigenvalue weighted by molar-refractivity contribution is 5.82. The second-order valence-electron chi connectivity index (χ2n) is 4.96. The van der Waals surface area contributed by atoms with Crippen molar-refractivity contribution in [3.05, 3.63) is 29.3 Å². The van der Waals surface area contributed by atoms with Crippen LogP contribution < -0.4 is 4.74 Å². The summed E-state index contributed by atoms with van der Waals surface area (Å²) >= 11 is 0. The number of carbonyl (C=O) groups is 1. The normalized spacial score (nSPS) is 19.6. The molecule has 1 unspecified atom stereocenters. The SMILES string of the molecule is Cc1ccc(C)c(OCCC2CCCC2=O)c1. The highest BCUT2D eigenvalue weighted by atomic mass is 16.5. The zero-order valence-corrected chi connectivity index (χ0v) is 10.7. The Balaban J connectivity index is 1.85. The zero-order valence-electron chi connectivity index (χ0n) is 10.7. The second-order valence-corrected chi connectivity index (χ2v) is 4.96. The lowest BCUT2D eigenvalue weighted by Crippen LogP contribution is -2.11. The van der Waals surface area contributed by atoms with Gasteiger partial charge in [-0.2, -0.15) is 0 Å². The molecule has 1 fully saturated rings. The number of benzene rings is 1. The highest BCUT2D eigenvalue weighted by Gasteiger charge is 2.23. The van der Waals surface area contributed by atoms with Crippen LogP contribution in [0, 0.1) is 19.8 Å². The molecule has 1 aliphatic rings. The number of hydrogen-bond donors (Lipinski definition) is 0. The third-order valence-corrected chi connectivity index (χ3v) is 3.50. The molecule has 92 valence electrons. The van der Waals surface area contributed by atoms with Crippen LogP contribution in [0.25, 0.3) is 0 Å². The standard InChI is InChI=1S/C15H20O2/c1-11-6-7-12(2)15(10-11)17-9-8-13-4-3-5-14(13)16/h6-7,10,13H,3-5,8-9H2,1-2H3. The molecular formula is C15H20O2. The largest absolute Gasteiger partial charge is 0.493 e. The van der Waals surface area contributed by atoms with Gasteiger partial charge in [-0.15, -0.1) is 0 Å². The summed E-state index contributed by atoms with van der Waals surface area (Å²) in [7, 11) is 0. The number of aryl methyl sites for hydroxylation is 2. The first-order valence-corrected chi connectivity index (χ1v) is 6.39. The van der Waals surface area contributed by atoms with Crippen LogP contribution in [0.15, 0.2) is 18.2 Å². The predicted molar refractivity (Wildman–Crippen MR) is 68.4 cm³/mol. The van der Waals surface area contributed by atoms with Crippen LogP contribution in [0.2, 0.25) is 0 Å². The van der Waals surface area contributed by atoms with E-state index in [2.05, 4.69) is 32.0 Å². The molecule has 0 bridgehead atoms. The first-order chi connectivity index (χ1) is 8.16. The van der Waals surface area contributed by atoms with Crippen molar-refractivity contribution in [2.75, 3.05) is 6.61 Å². The molecule has 2 heteroatoms. The maximum atomic E-state index is 11.5. The van der Waals surface area contributed by atoms with E-state index in [4.69, 9.17) is 4.74 Å². The first kappa shape index (κ1) is 12.2. The van der Waals surface area contributed by atoms with Gasteiger partial charge in [0.15, 0.2) is 0 Å². The Morgan fingerprint density at radius 2 is 2.18 bits per heavy atom. The van der Waals surface area contributed by atoms with Crippen molar-refractivity contribution in [3.63, 3.8) is 0 Å². The number of Topliss-reactive ketones (excluding diaryl/α,β-unsaturated/α-hetero) is 1. The minimum Gasteiger partial charge on any atom is -0.493 e. The van der Waals surface area contributed by atoms with Crippen LogP contribution in [0.5, 0.6) is 5.75 Å². The summed E-state index contributed by atoms with van der Waals surface area (Å²) in [6.45, 7) is 4.77. The van der Waals surface area contributed by atoms with E-state index in [-0.39, 0.29) is 5.92 Å². The number of hydrogen-bond acceptors (Lipinski definition) is 2. The van der Waals surface area contributed by atoms with E-state index in [0.717, 1.165) is 37.0 Å². The molecule has 0 amide bonds. The molecule has 1 saturated carbocycles. The zero-order chi connectivity index (χ0) is 12.3. The van der Waals surface area contributed by atoms with Crippen LogP contribution in [0.1, 0.15) is 36.8 Å². The molecule has 1 aromatic carbocycles. The van der Waals surface area contributed by atoms with E-state index in [9.17, 15) is 4.79 Å². The molecule has 2 rings (SSSR count). The summed E-state index contributed by atoms with van der Waals surface area (Å²) in [4.78, 5) is 11.5. The van der Waals surface area contributed by atoms with Gasteiger partial charge in [0.2, 0.25) is 0 Å². The van der Waals surface area contributed by atoms with Crippen LogP contribution in [0.3, 0.4) is 0 Å². The monoisotopic (exact) mass is 232 g/mol. The fraction of sp³-hybridized carbons (Fsp3) is 0.533. The van der Waals surface area contributed by atoms with Crippen LogP contribution in [-0.4, -0.2) is 12.4 Å². The van der Waals surface area contributed by atoms with Crippen molar-refractivity contribution >= 4 is 5.78 Å². The van der Waals surface area contributed by atoms with Crippen molar-refractivity contribution in [3.8, 4) is 5.75 Å². The maximum Gasteiger partial charge on any atom is 0.136 e. The van der Waals surface area contributed by atoms with E-state index in [1.807, 2.05) is 0 Å². The van der Waals surface area contributed by atoms with E-state index < -0.39 is 0 Å². The number of rotatable bonds is 4. The van der Waals surface area contributed by atoms with Crippen molar-refractivity contribution < 1.29 is 9.53 Å². The average molecular weight is 232 g/mol. The van der Waals surface area contributed by atoms with Crippen LogP contribution >= 0.6 is 0 Å². The van der Waals surface area contributed by atoms with Gasteiger partial charge in [0.25, 0.3) is 0 Å². The fourth-order valence-electron chi connectivity index (χ4n) is 2.37. The summed E-state index contributed by atoms with van der Waals surface area (Å²) in [6, 6.07) is 6.22. The molecule has 0 spiro atoms. The molecule has 0 saturated heterocycles. The first-order valence-electron chi connectivity index (χ1n) is 6.39. The van der Waals surface area contributed by atoms with Crippen LogP contribution in [0.4, 0.5) is 0 Å². The summed E-state index contributed by atoms with van der Waals surface area (Å²) < 4.78 is 5.78. The number of ketones is 1. The number of ether oxygens (including phenoxy) is 1. The third kappa shape index (κ3) is 3.09. The van der Waals surface area contributed by atoms with Crippen molar-refractivity contribution in [1.29, 1.82) is 0 Å². The van der Waals surface area contributed by atoms with Crippen molar-refractivity contribution in [2.24, 2.45) is 5.92 Å². The Morgan fingerprint density at radius 3 is 2.88 bits per heavy atom. The van der Waals surface area contributed by atoms with Gasteiger partial charge < -0.3 is 4.74 Å². The van der Waals surface area contributed by atoms with Crippen LogP contribution in [-0.2, 0) is 4.79 Å². The van der Waals surface area contributed by atoms with E-state index in [0.29, 0.717) is 12.4 Å². The fourth-order valence-corrected chi connectivity index (χ4v) is 2.37. The van der Waals surface area contributed by atoms with Crippen molar-refractivity contribution in [2.45, 2.75) is 39.5 Å². The lowest BCUT2D eigenvalue weighted by atomic mass is 10.0. The summed E-state index contributed by atoms with van der Waals surface area (Å²) in [6.07, 6.45) is 3.75. The quantitative estimate of drug-likeness (QED) is 0.795. The molecule has 0 aliphatic heterocycles. The van der Waals surface area contributed by atoms with Gasteiger partial charge in [0.05, 0.1) is 6.61 Å². The summed E-state index contributed by atoms with van der Waals surface area (Å²) in [5.74, 6) is 1.63. The smallest absolute Gasteiger partial charge is 0.136 e. The van der Waals surface area contributed by atoms with Gasteiger partial charge in [-0.1, -0.05) is 12.1 Å². The van der Waals surface area contributed by atoms with Gasteiger partial charge >= 0.3 is 0 Å². The molecule has 1 aromatic rings. The molecule has 1 atom stereocenters. The Morgan fingerprint density at radius 1 is 1.35 bits per heavy atom. The molecule has 0 heterocycles. The maximum absolute atomic E-state index is 11.5. The topological polar surface area (TPSA) is 26.3 Å². The van der Waals surface area contributed by atoms with Gasteiger partial charge in [-0.3, -0.25) is 4.79 Å². The number of carbonyl (C=O) groups excluding carboxylic acids is 1. The average Bonchev–Trinajstić information content (AvgIpc) is 2.70. The molecule has 0 N–H and O–H groups in total. The van der Waals surface area contributed by atoms with Gasteiger partial charge in [0, 0.05) is 12.3 Å². The second kappa shape index (κ2) is 5.35. The predicted octanol–water partition coefficient (Wildman–Crippen LogP) is 3.44. The molecule has 2 nitrogen and oxygen atoms in total. The Kier molecular flexibility index (Phi) is 3.82. The Labute approximate surface area is 103 Å². The van der Waals surface area contributed by atoms with Gasteiger partial charge in [-0.05, 0) is 50.3 Å². The lowest BCUT2D eigenvalue weighted by Gasteiger charge is -2.12. The van der Waals surface area contributed by atoms with E-state index in [1.54, 1.807) is 0 Å². The Hall–Kier alpha value is -1.31. The molecule has 0 aromatic heterocycles. The molecular weight excluding hydrogens is 212 g/mol. The summed E-state index contributed by atoms with van der Waals surface area (Å²) in [5, 5.41) is 0. The highest BCUT2D eigenvalue weighted by Crippen LogP contribution is 2.25. The molecule has 17 heavy (non-hydrogen) atoms.